The van der Waals surface area contributed by atoms with Crippen LogP contribution in [-0.2, 0) is 9.59 Å². The van der Waals surface area contributed by atoms with Gasteiger partial charge in [-0.2, -0.15) is 0 Å². The molecule has 0 aromatic carbocycles. The van der Waals surface area contributed by atoms with E-state index in [0.29, 0.717) is 6.04 Å². The number of quaternary nitrogens is 1. The van der Waals surface area contributed by atoms with Crippen LogP contribution in [0.1, 0.15) is 47.5 Å². The van der Waals surface area contributed by atoms with Crippen LogP contribution in [0.3, 0.4) is 0 Å². The fourth-order valence-corrected chi connectivity index (χ4v) is 3.59. The molecular weight excluding hydrogens is 252 g/mol. The predicted octanol–water partition coefficient (Wildman–Crippen LogP) is 1.83. The second-order valence-corrected chi connectivity index (χ2v) is 7.79. The zero-order valence-corrected chi connectivity index (χ0v) is 13.6. The summed E-state index contributed by atoms with van der Waals surface area (Å²) in [6, 6.07) is 0.880. The van der Waals surface area contributed by atoms with Crippen LogP contribution in [0.25, 0.3) is 0 Å². The molecule has 3 saturated heterocycles. The van der Waals surface area contributed by atoms with E-state index in [9.17, 15) is 9.59 Å². The van der Waals surface area contributed by atoms with Crippen LogP contribution < -0.4 is 0 Å². The van der Waals surface area contributed by atoms with E-state index in [1.165, 1.54) is 0 Å². The third-order valence-electron chi connectivity index (χ3n) is 5.27. The molecule has 20 heavy (non-hydrogen) atoms. The summed E-state index contributed by atoms with van der Waals surface area (Å²) in [7, 11) is 0. The van der Waals surface area contributed by atoms with Crippen molar-refractivity contribution in [2.75, 3.05) is 26.2 Å². The fourth-order valence-electron chi connectivity index (χ4n) is 3.59. The van der Waals surface area contributed by atoms with Crippen molar-refractivity contribution in [3.05, 3.63) is 0 Å². The van der Waals surface area contributed by atoms with Crippen molar-refractivity contribution in [3.8, 4) is 0 Å². The lowest BCUT2D eigenvalue weighted by Crippen LogP contribution is -2.57. The number of piperidine rings is 1. The molecule has 3 fully saturated rings. The average Bonchev–Trinajstić information content (AvgIpc) is 2.67. The van der Waals surface area contributed by atoms with Crippen LogP contribution in [0.15, 0.2) is 0 Å². The molecule has 2 bridgehead atoms. The van der Waals surface area contributed by atoms with Crippen molar-refractivity contribution < 1.29 is 14.1 Å². The van der Waals surface area contributed by atoms with Crippen molar-refractivity contribution in [1.82, 2.24) is 4.90 Å². The van der Waals surface area contributed by atoms with Gasteiger partial charge in [-0.05, 0) is 13.8 Å². The number of hydrogen-bond acceptors (Lipinski definition) is 2. The molecule has 0 unspecified atom stereocenters. The minimum Gasteiger partial charge on any atom is -0.327 e. The fraction of sp³-hybridized carbons (Fsp3) is 0.875. The molecule has 0 N–H and O–H groups in total. The maximum Gasteiger partial charge on any atom is 0.290 e. The molecule has 114 valence electrons. The highest BCUT2D eigenvalue weighted by Gasteiger charge is 2.45. The summed E-state index contributed by atoms with van der Waals surface area (Å²) in [5, 5.41) is 0. The molecule has 0 saturated carbocycles. The van der Waals surface area contributed by atoms with E-state index in [1.54, 1.807) is 0 Å². The van der Waals surface area contributed by atoms with Crippen molar-refractivity contribution in [2.45, 2.75) is 59.5 Å². The van der Waals surface area contributed by atoms with Crippen LogP contribution in [0.4, 0.5) is 0 Å². The maximum absolute atomic E-state index is 12.5. The van der Waals surface area contributed by atoms with E-state index in [0.717, 1.165) is 43.5 Å². The highest BCUT2D eigenvalue weighted by Crippen LogP contribution is 2.30. The Kier molecular flexibility index (Phi) is 3.98. The third kappa shape index (κ3) is 2.62. The van der Waals surface area contributed by atoms with Crippen molar-refractivity contribution >= 4 is 11.7 Å². The van der Waals surface area contributed by atoms with Gasteiger partial charge in [0.25, 0.3) is 5.91 Å². The molecule has 0 radical (unpaired) electrons. The van der Waals surface area contributed by atoms with Gasteiger partial charge in [0.15, 0.2) is 0 Å². The first-order valence-corrected chi connectivity index (χ1v) is 7.88. The number of amides is 1. The molecule has 1 amide bonds. The molecule has 3 aliphatic rings. The third-order valence-corrected chi connectivity index (χ3v) is 5.27. The molecule has 4 nitrogen and oxygen atoms in total. The number of fused-ring (bicyclic) bond motifs is 4. The Bertz CT molecular complexity index is 401. The van der Waals surface area contributed by atoms with Crippen molar-refractivity contribution in [1.29, 1.82) is 0 Å². The summed E-state index contributed by atoms with van der Waals surface area (Å²) in [6.07, 6.45) is 2.09. The van der Waals surface area contributed by atoms with Gasteiger partial charge in [-0.1, -0.05) is 20.8 Å². The lowest BCUT2D eigenvalue weighted by molar-refractivity contribution is -0.948. The first kappa shape index (κ1) is 15.5. The van der Waals surface area contributed by atoms with Gasteiger partial charge in [0.2, 0.25) is 5.78 Å². The monoisotopic (exact) mass is 281 g/mol. The van der Waals surface area contributed by atoms with Gasteiger partial charge in [-0.25, -0.2) is 0 Å². The molecule has 4 heteroatoms. The maximum atomic E-state index is 12.5. The van der Waals surface area contributed by atoms with E-state index in [2.05, 4.69) is 13.8 Å². The van der Waals surface area contributed by atoms with Gasteiger partial charge in [0, 0.05) is 24.3 Å². The zero-order valence-electron chi connectivity index (χ0n) is 13.6. The number of hydrogen-bond donors (Lipinski definition) is 0. The lowest BCUT2D eigenvalue weighted by atomic mass is 9.89. The van der Waals surface area contributed by atoms with Crippen LogP contribution >= 0.6 is 0 Å². The van der Waals surface area contributed by atoms with E-state index < -0.39 is 5.41 Å². The number of nitrogens with zero attached hydrogens (tertiary/aromatic N) is 2. The molecule has 0 atom stereocenters. The molecule has 3 rings (SSSR count). The molecule has 0 aliphatic carbocycles. The molecule has 0 spiro atoms. The Morgan fingerprint density at radius 1 is 1.10 bits per heavy atom. The standard InChI is InChI=1S/C16H29N2O2/c1-12(2)18-9-6-13(7-10-18)17(8-11-18)15(20)14(19)16(3,4)5/h12-13H,6-11H2,1-5H3/q+1. The topological polar surface area (TPSA) is 37.4 Å². The second kappa shape index (κ2) is 5.14. The molecule has 3 aliphatic heterocycles. The summed E-state index contributed by atoms with van der Waals surface area (Å²) < 4.78 is 1.12. The van der Waals surface area contributed by atoms with Gasteiger partial charge in [-0.3, -0.25) is 9.59 Å². The SMILES string of the molecule is CC(C)[N+]12CCC(CC1)N(C(=O)C(=O)C(C)(C)C)CC2. The number of carbonyl (C=O) groups excluding carboxylic acids is 2. The quantitative estimate of drug-likeness (QED) is 0.572. The Hall–Kier alpha value is -0.900. The van der Waals surface area contributed by atoms with Crippen LogP contribution in [0, 0.1) is 5.41 Å². The lowest BCUT2D eigenvalue weighted by Gasteiger charge is -2.44. The Morgan fingerprint density at radius 2 is 1.65 bits per heavy atom. The van der Waals surface area contributed by atoms with E-state index in [4.69, 9.17) is 0 Å². The van der Waals surface area contributed by atoms with Gasteiger partial charge in [0.1, 0.15) is 0 Å². The molecule has 3 heterocycles. The van der Waals surface area contributed by atoms with Crippen molar-refractivity contribution in [3.63, 3.8) is 0 Å². The normalized spacial score (nSPS) is 30.5. The Balaban J connectivity index is 2.16. The number of ketones is 1. The van der Waals surface area contributed by atoms with E-state index >= 15 is 0 Å². The number of rotatable bonds is 2. The molecule has 0 aromatic heterocycles. The second-order valence-electron chi connectivity index (χ2n) is 7.79. The van der Waals surface area contributed by atoms with Crippen molar-refractivity contribution in [2.24, 2.45) is 5.41 Å². The van der Waals surface area contributed by atoms with E-state index in [-0.39, 0.29) is 17.7 Å². The number of Topliss-reactive ketones (excluding diaryl/α,β-unsaturated/α-hetero) is 1. The van der Waals surface area contributed by atoms with Gasteiger partial charge >= 0.3 is 0 Å². The highest BCUT2D eigenvalue weighted by molar-refractivity contribution is 6.37. The van der Waals surface area contributed by atoms with E-state index in [1.807, 2.05) is 25.7 Å². The minimum absolute atomic E-state index is 0.242. The van der Waals surface area contributed by atoms with Gasteiger partial charge in [-0.15, -0.1) is 0 Å². The van der Waals surface area contributed by atoms with Crippen LogP contribution in [-0.4, -0.2) is 59.3 Å². The smallest absolute Gasteiger partial charge is 0.290 e. The first-order valence-electron chi connectivity index (χ1n) is 7.88. The van der Waals surface area contributed by atoms with Crippen LogP contribution in [0.2, 0.25) is 0 Å². The summed E-state index contributed by atoms with van der Waals surface area (Å²) in [4.78, 5) is 26.7. The predicted molar refractivity (Wildman–Crippen MR) is 79.2 cm³/mol. The number of carbonyl (C=O) groups is 2. The van der Waals surface area contributed by atoms with Crippen LogP contribution in [0.5, 0.6) is 0 Å². The largest absolute Gasteiger partial charge is 0.327 e. The molecular formula is C16H29N2O2+. The first-order chi connectivity index (χ1) is 9.17. The Labute approximate surface area is 122 Å². The highest BCUT2D eigenvalue weighted by atomic mass is 16.2. The van der Waals surface area contributed by atoms with Gasteiger partial charge < -0.3 is 9.38 Å². The minimum atomic E-state index is -0.577. The Morgan fingerprint density at radius 3 is 2.10 bits per heavy atom. The molecule has 0 aromatic rings. The average molecular weight is 281 g/mol. The summed E-state index contributed by atoms with van der Waals surface area (Å²) in [6.45, 7) is 14.1. The zero-order chi connectivity index (χ0) is 15.1. The summed E-state index contributed by atoms with van der Waals surface area (Å²) in [5.74, 6) is -0.498. The summed E-state index contributed by atoms with van der Waals surface area (Å²) >= 11 is 0. The van der Waals surface area contributed by atoms with Gasteiger partial charge in [0.05, 0.1) is 32.2 Å². The summed E-state index contributed by atoms with van der Waals surface area (Å²) in [5.41, 5.74) is -0.577.